The number of ether oxygens (including phenoxy) is 2. The zero-order valence-electron chi connectivity index (χ0n) is 24.4. The molecule has 2 unspecified atom stereocenters. The maximum absolute atomic E-state index is 11.9. The van der Waals surface area contributed by atoms with Crippen molar-refractivity contribution in [2.75, 3.05) is 6.54 Å². The molecule has 2 aromatic heterocycles. The molecule has 2 atom stereocenters. The number of carbonyl (C=O) groups excluding carboxylic acids is 1. The highest BCUT2D eigenvalue weighted by Crippen LogP contribution is 2.37. The Balaban J connectivity index is 0.000000169. The molecule has 232 valence electrons. The van der Waals surface area contributed by atoms with Gasteiger partial charge in [-0.25, -0.2) is 4.79 Å². The maximum atomic E-state index is 11.9. The van der Waals surface area contributed by atoms with Crippen LogP contribution in [0.2, 0.25) is 10.0 Å². The number of benzene rings is 2. The van der Waals surface area contributed by atoms with Crippen molar-refractivity contribution in [2.24, 2.45) is 5.73 Å². The van der Waals surface area contributed by atoms with Crippen molar-refractivity contribution < 1.29 is 24.2 Å². The minimum atomic E-state index is -0.950. The van der Waals surface area contributed by atoms with Gasteiger partial charge in [0.2, 0.25) is 0 Å². The molecule has 4 heterocycles. The zero-order valence-corrected chi connectivity index (χ0v) is 25.9. The Labute approximate surface area is 272 Å². The van der Waals surface area contributed by atoms with Crippen molar-refractivity contribution in [1.29, 1.82) is 0 Å². The average molecular weight is 647 g/mol. The SMILES string of the molecule is NCC1Cc2cccc(Cl)c2O1.O=C(/C=C/c1cccnc1)CCC1Cc2cccc(Cl)c2O1.O=C(O)/C=C/c1cccnc1. The largest absolute Gasteiger partial charge is 0.488 e. The predicted molar refractivity (Wildman–Crippen MR) is 177 cm³/mol. The van der Waals surface area contributed by atoms with Gasteiger partial charge in [0, 0.05) is 56.7 Å². The fourth-order valence-electron chi connectivity index (χ4n) is 4.58. The fraction of sp³-hybridized carbons (Fsp3) is 0.200. The van der Waals surface area contributed by atoms with Crippen LogP contribution in [0.1, 0.15) is 35.1 Å². The van der Waals surface area contributed by atoms with E-state index in [1.165, 1.54) is 6.08 Å². The summed E-state index contributed by atoms with van der Waals surface area (Å²) in [5.74, 6) is 0.727. The number of carboxylic acid groups (broad SMARTS) is 1. The van der Waals surface area contributed by atoms with E-state index in [0.29, 0.717) is 29.4 Å². The van der Waals surface area contributed by atoms with Crippen LogP contribution in [0.3, 0.4) is 0 Å². The minimum absolute atomic E-state index is 0.0330. The van der Waals surface area contributed by atoms with Crippen molar-refractivity contribution >= 4 is 47.1 Å². The molecule has 2 aromatic carbocycles. The Morgan fingerprint density at radius 1 is 0.800 bits per heavy atom. The van der Waals surface area contributed by atoms with Gasteiger partial charge in [-0.2, -0.15) is 0 Å². The number of aliphatic carboxylic acids is 1. The molecule has 10 heteroatoms. The van der Waals surface area contributed by atoms with Gasteiger partial charge in [-0.3, -0.25) is 14.8 Å². The standard InChI is InChI=1S/C18H16ClNO2.C9H10ClNO.C8H7NO2/c19-17-5-1-4-14-11-16(22-18(14)17)9-8-15(21)7-6-13-3-2-10-20-12-13;10-8-3-1-2-6-4-7(5-11)12-9(6)8;10-8(11)4-3-7-2-1-5-9-6-7/h1-7,10,12,16H,8-9,11H2;1-3,7H,4-5,11H2;1-6H,(H,10,11)/b7-6+;;4-3+. The summed E-state index contributed by atoms with van der Waals surface area (Å²) in [6.45, 7) is 0.547. The van der Waals surface area contributed by atoms with Gasteiger partial charge in [0.25, 0.3) is 0 Å². The Hall–Kier alpha value is -4.50. The first-order chi connectivity index (χ1) is 21.8. The molecule has 8 nitrogen and oxygen atoms in total. The first-order valence-corrected chi connectivity index (χ1v) is 15.1. The molecule has 0 amide bonds. The van der Waals surface area contributed by atoms with E-state index >= 15 is 0 Å². The number of halogens is 2. The summed E-state index contributed by atoms with van der Waals surface area (Å²) in [4.78, 5) is 29.8. The molecular weight excluding hydrogens is 613 g/mol. The average Bonchev–Trinajstić information content (AvgIpc) is 3.69. The topological polar surface area (TPSA) is 125 Å². The molecule has 0 bridgehead atoms. The number of carboxylic acids is 1. The van der Waals surface area contributed by atoms with Crippen molar-refractivity contribution in [2.45, 2.75) is 37.9 Å². The number of para-hydroxylation sites is 2. The molecule has 0 fully saturated rings. The first-order valence-electron chi connectivity index (χ1n) is 14.3. The van der Waals surface area contributed by atoms with Crippen LogP contribution < -0.4 is 15.2 Å². The van der Waals surface area contributed by atoms with Crippen molar-refractivity contribution in [3.8, 4) is 11.5 Å². The van der Waals surface area contributed by atoms with Gasteiger partial charge in [-0.1, -0.05) is 59.6 Å². The lowest BCUT2D eigenvalue weighted by molar-refractivity contribution is -0.131. The second kappa shape index (κ2) is 17.1. The third-order valence-electron chi connectivity index (χ3n) is 6.79. The third kappa shape index (κ3) is 10.6. The Morgan fingerprint density at radius 3 is 1.82 bits per heavy atom. The molecule has 0 radical (unpaired) electrons. The van der Waals surface area contributed by atoms with E-state index in [1.807, 2.05) is 48.5 Å². The van der Waals surface area contributed by atoms with E-state index < -0.39 is 5.97 Å². The third-order valence-corrected chi connectivity index (χ3v) is 7.38. The number of rotatable bonds is 8. The highest BCUT2D eigenvalue weighted by atomic mass is 35.5. The van der Waals surface area contributed by atoms with E-state index in [9.17, 15) is 9.59 Å². The van der Waals surface area contributed by atoms with Crippen LogP contribution in [0.15, 0.2) is 97.6 Å². The van der Waals surface area contributed by atoms with Gasteiger partial charge in [0.1, 0.15) is 23.7 Å². The van der Waals surface area contributed by atoms with Gasteiger partial charge in [-0.15, -0.1) is 0 Å². The van der Waals surface area contributed by atoms with Crippen LogP contribution in [0.5, 0.6) is 11.5 Å². The van der Waals surface area contributed by atoms with Gasteiger partial charge >= 0.3 is 5.97 Å². The molecule has 0 saturated heterocycles. The van der Waals surface area contributed by atoms with Gasteiger partial charge < -0.3 is 20.3 Å². The lowest BCUT2D eigenvalue weighted by Crippen LogP contribution is -2.24. The van der Waals surface area contributed by atoms with Crippen LogP contribution >= 0.6 is 23.2 Å². The van der Waals surface area contributed by atoms with Crippen LogP contribution in [-0.4, -0.2) is 45.6 Å². The number of nitrogens with zero attached hydrogens (tertiary/aromatic N) is 2. The number of aromatic nitrogens is 2. The normalized spacial score (nSPS) is 16.0. The van der Waals surface area contributed by atoms with Gasteiger partial charge in [-0.05, 0) is 71.2 Å². The van der Waals surface area contributed by atoms with Crippen molar-refractivity contribution in [1.82, 2.24) is 9.97 Å². The van der Waals surface area contributed by atoms with Crippen LogP contribution in [0.4, 0.5) is 0 Å². The van der Waals surface area contributed by atoms with E-state index in [-0.39, 0.29) is 18.0 Å². The number of allylic oxidation sites excluding steroid dienone is 1. The second-order valence-corrected chi connectivity index (χ2v) is 11.0. The second-order valence-electron chi connectivity index (χ2n) is 10.2. The van der Waals surface area contributed by atoms with Crippen LogP contribution in [0, 0.1) is 0 Å². The summed E-state index contributed by atoms with van der Waals surface area (Å²) in [5, 5.41) is 9.59. The predicted octanol–water partition coefficient (Wildman–Crippen LogP) is 6.88. The highest BCUT2D eigenvalue weighted by Gasteiger charge is 2.25. The summed E-state index contributed by atoms with van der Waals surface area (Å²) < 4.78 is 11.4. The lowest BCUT2D eigenvalue weighted by atomic mass is 10.0. The summed E-state index contributed by atoms with van der Waals surface area (Å²) in [6.07, 6.45) is 15.6. The smallest absolute Gasteiger partial charge is 0.328 e. The van der Waals surface area contributed by atoms with Crippen LogP contribution in [-0.2, 0) is 22.4 Å². The molecule has 45 heavy (non-hydrogen) atoms. The van der Waals surface area contributed by atoms with Gasteiger partial charge in [0.05, 0.1) is 10.0 Å². The summed E-state index contributed by atoms with van der Waals surface area (Å²) in [6, 6.07) is 18.9. The number of carbonyl (C=O) groups is 2. The Bertz CT molecular complexity index is 1630. The Kier molecular flexibility index (Phi) is 12.7. The fourth-order valence-corrected chi connectivity index (χ4v) is 5.06. The molecule has 6 rings (SSSR count). The number of ketones is 1. The molecule has 0 aliphatic carbocycles. The summed E-state index contributed by atoms with van der Waals surface area (Å²) in [7, 11) is 0. The molecule has 0 spiro atoms. The van der Waals surface area contributed by atoms with E-state index in [0.717, 1.165) is 52.7 Å². The maximum Gasteiger partial charge on any atom is 0.328 e. The monoisotopic (exact) mass is 645 g/mol. The summed E-state index contributed by atoms with van der Waals surface area (Å²) >= 11 is 12.0. The van der Waals surface area contributed by atoms with E-state index in [2.05, 4.69) is 9.97 Å². The van der Waals surface area contributed by atoms with Gasteiger partial charge in [0.15, 0.2) is 5.78 Å². The number of hydrogen-bond donors (Lipinski definition) is 2. The number of nitrogens with two attached hydrogens (primary N) is 1. The first kappa shape index (κ1) is 33.4. The zero-order chi connectivity index (χ0) is 32.0. The van der Waals surface area contributed by atoms with Crippen molar-refractivity contribution in [3.05, 3.63) is 130 Å². The molecule has 2 aliphatic heterocycles. The van der Waals surface area contributed by atoms with Crippen molar-refractivity contribution in [3.63, 3.8) is 0 Å². The van der Waals surface area contributed by atoms with E-state index in [4.69, 9.17) is 43.5 Å². The molecule has 0 saturated carbocycles. The molecule has 2 aliphatic rings. The Morgan fingerprint density at radius 2 is 1.33 bits per heavy atom. The summed E-state index contributed by atoms with van der Waals surface area (Å²) in [5.41, 5.74) is 9.49. The molecule has 3 N–H and O–H groups in total. The molecule has 4 aromatic rings. The number of fused-ring (bicyclic) bond motifs is 2. The highest BCUT2D eigenvalue weighted by molar-refractivity contribution is 6.32. The van der Waals surface area contributed by atoms with E-state index in [1.54, 1.807) is 49.1 Å². The lowest BCUT2D eigenvalue weighted by Gasteiger charge is -2.09. The minimum Gasteiger partial charge on any atom is -0.488 e. The molecular formula is C35H33Cl2N3O5. The number of pyridine rings is 2. The van der Waals surface area contributed by atoms with Crippen LogP contribution in [0.25, 0.3) is 12.2 Å². The quantitative estimate of drug-likeness (QED) is 0.199. The number of hydrogen-bond acceptors (Lipinski definition) is 7.